The fraction of sp³-hybridized carbons (Fsp3) is 0.902. The molecule has 24 nitrogen and oxygen atoms in total. The fourth-order valence-electron chi connectivity index (χ4n) is 8.04. The zero-order chi connectivity index (χ0) is 48.3. The molecule has 3 heterocycles. The average Bonchev–Trinajstić information content (AvgIpc) is 3.28. The molecule has 3 aliphatic heterocycles. The predicted octanol–water partition coefficient (Wildman–Crippen LogP) is -1.90. The molecule has 376 valence electrons. The largest absolute Gasteiger partial charge is 0.477 e. The summed E-state index contributed by atoms with van der Waals surface area (Å²) in [6, 6.07) is -2.78. The Morgan fingerprint density at radius 1 is 0.846 bits per heavy atom. The molecule has 3 aliphatic rings. The highest BCUT2D eigenvalue weighted by Crippen LogP contribution is 2.38. The van der Waals surface area contributed by atoms with Crippen molar-refractivity contribution in [2.24, 2.45) is 5.11 Å². The van der Waals surface area contributed by atoms with E-state index in [2.05, 4.69) is 22.3 Å². The lowest BCUT2D eigenvalue weighted by atomic mass is 9.88. The van der Waals surface area contributed by atoms with Gasteiger partial charge in [-0.25, -0.2) is 4.79 Å². The number of nitrogens with zero attached hydrogens (tertiary/aromatic N) is 3. The Morgan fingerprint density at radius 2 is 1.45 bits per heavy atom. The first-order valence-electron chi connectivity index (χ1n) is 22.4. The third kappa shape index (κ3) is 16.2. The van der Waals surface area contributed by atoms with Gasteiger partial charge in [0.15, 0.2) is 12.6 Å². The SMILES string of the molecule is CCCCCCCCCCCCC/C=C/[C@@H](O)C(COC1OC(CO)C(OC2OC(CO)C(O)C(OC3(C(=O)O)CC(O)C(NC(C)=O)C(C(O)C(O)CO)O3)C2O)C(O)C1O)N=[N+]=[N-]. The van der Waals surface area contributed by atoms with Crippen LogP contribution >= 0.6 is 0 Å². The third-order valence-electron chi connectivity index (χ3n) is 11.8. The number of rotatable bonds is 29. The summed E-state index contributed by atoms with van der Waals surface area (Å²) >= 11 is 0. The second kappa shape index (κ2) is 28.6. The van der Waals surface area contributed by atoms with E-state index in [1.54, 1.807) is 6.08 Å². The van der Waals surface area contributed by atoms with Gasteiger partial charge in [0, 0.05) is 18.3 Å². The minimum Gasteiger partial charge on any atom is -0.477 e. The molecule has 0 aliphatic carbocycles. The number of carboxylic acids is 1. The average molecular weight is 941 g/mol. The Labute approximate surface area is 377 Å². The Morgan fingerprint density at radius 3 is 2.00 bits per heavy atom. The number of aliphatic hydroxyl groups is 11. The van der Waals surface area contributed by atoms with Crippen LogP contribution in [0.25, 0.3) is 10.4 Å². The van der Waals surface area contributed by atoms with Crippen LogP contribution in [0.3, 0.4) is 0 Å². The number of unbranched alkanes of at least 4 members (excludes halogenated alkanes) is 11. The van der Waals surface area contributed by atoms with Crippen LogP contribution in [0.2, 0.25) is 0 Å². The number of allylic oxidation sites excluding steroid dienone is 1. The Kier molecular flexibility index (Phi) is 24.9. The lowest BCUT2D eigenvalue weighted by molar-refractivity contribution is -0.386. The molecule has 0 aromatic heterocycles. The molecule has 24 heteroatoms. The number of carbonyl (C=O) groups is 2. The van der Waals surface area contributed by atoms with Gasteiger partial charge >= 0.3 is 5.97 Å². The van der Waals surface area contributed by atoms with Crippen molar-refractivity contribution in [1.82, 2.24) is 5.32 Å². The number of nitrogens with one attached hydrogen (secondary N) is 1. The lowest BCUT2D eigenvalue weighted by Gasteiger charge is -2.50. The van der Waals surface area contributed by atoms with Crippen molar-refractivity contribution in [1.29, 1.82) is 0 Å². The summed E-state index contributed by atoms with van der Waals surface area (Å²) in [5.41, 5.74) is 9.15. The summed E-state index contributed by atoms with van der Waals surface area (Å²) in [7, 11) is 0. The van der Waals surface area contributed by atoms with Crippen LogP contribution in [0, 0.1) is 0 Å². The van der Waals surface area contributed by atoms with E-state index in [4.69, 9.17) is 34.0 Å². The summed E-state index contributed by atoms with van der Waals surface area (Å²) < 4.78 is 33.8. The van der Waals surface area contributed by atoms with Gasteiger partial charge in [-0.15, -0.1) is 0 Å². The molecule has 0 spiro atoms. The maximum atomic E-state index is 12.8. The number of azide groups is 1. The first-order valence-corrected chi connectivity index (χ1v) is 22.4. The highest BCUT2D eigenvalue weighted by molar-refractivity contribution is 5.76. The molecular formula is C41H72N4O20. The molecule has 0 saturated carbocycles. The van der Waals surface area contributed by atoms with Crippen molar-refractivity contribution in [2.75, 3.05) is 26.4 Å². The summed E-state index contributed by atoms with van der Waals surface area (Å²) in [5, 5.41) is 133. The lowest BCUT2D eigenvalue weighted by Crippen LogP contribution is -2.70. The fourth-order valence-corrected chi connectivity index (χ4v) is 8.04. The van der Waals surface area contributed by atoms with Crippen LogP contribution in [0.1, 0.15) is 97.3 Å². The normalized spacial score (nSPS) is 34.9. The Bertz CT molecular complexity index is 1480. The number of carboxylic acid groups (broad SMARTS) is 1. The van der Waals surface area contributed by atoms with Crippen molar-refractivity contribution >= 4 is 11.9 Å². The maximum Gasteiger partial charge on any atom is 0.364 e. The van der Waals surface area contributed by atoms with Gasteiger partial charge in [0.25, 0.3) is 5.79 Å². The molecule has 3 saturated heterocycles. The smallest absolute Gasteiger partial charge is 0.364 e. The molecule has 0 aromatic carbocycles. The standard InChI is InChI=1S/C41H72N4O20/c1-3-4-5-6-7-8-9-10-11-12-13-14-15-16-24(50)23(44-45-42)21-60-38-33(56)32(55)35(28(20-48)62-38)63-39-34(57)37(31(54)27(19-47)61-39)65-41(40(58)59)17-25(51)29(43-22(2)49)36(64-41)30(53)26(52)18-46/h15-16,23-39,46-48,50-57H,3-14,17-21H2,1-2H3,(H,43,49)(H,58,59)/b16-15+/t23?,24-,25?,26?,27?,28?,29?,30?,31?,32?,33?,34?,35?,36?,37?,38?,39?,41?/m1/s1. The topological polar surface area (TPSA) is 393 Å². The van der Waals surface area contributed by atoms with E-state index in [0.717, 1.165) is 26.2 Å². The summed E-state index contributed by atoms with van der Waals surface area (Å²) in [4.78, 5) is 27.5. The van der Waals surface area contributed by atoms with E-state index in [0.29, 0.717) is 6.42 Å². The van der Waals surface area contributed by atoms with E-state index < -0.39 is 155 Å². The summed E-state index contributed by atoms with van der Waals surface area (Å²) in [6.45, 7) is -0.276. The van der Waals surface area contributed by atoms with Crippen molar-refractivity contribution in [2.45, 2.75) is 207 Å². The highest BCUT2D eigenvalue weighted by atomic mass is 16.8. The molecule has 13 N–H and O–H groups in total. The van der Waals surface area contributed by atoms with Crippen molar-refractivity contribution in [3.05, 3.63) is 22.6 Å². The van der Waals surface area contributed by atoms with E-state index in [1.165, 1.54) is 57.4 Å². The first kappa shape index (κ1) is 56.6. The van der Waals surface area contributed by atoms with Gasteiger partial charge in [0.05, 0.1) is 50.7 Å². The van der Waals surface area contributed by atoms with Crippen LogP contribution in [-0.2, 0) is 38.0 Å². The van der Waals surface area contributed by atoms with Gasteiger partial charge in [0.1, 0.15) is 67.1 Å². The zero-order valence-electron chi connectivity index (χ0n) is 37.0. The molecule has 3 rings (SSSR count). The van der Waals surface area contributed by atoms with Crippen LogP contribution in [0.5, 0.6) is 0 Å². The highest BCUT2D eigenvalue weighted by Gasteiger charge is 2.60. The molecule has 3 fully saturated rings. The summed E-state index contributed by atoms with van der Waals surface area (Å²) in [5.74, 6) is -5.83. The van der Waals surface area contributed by atoms with Gasteiger partial charge in [-0.3, -0.25) is 4.79 Å². The first-order chi connectivity index (χ1) is 31.0. The second-order valence-corrected chi connectivity index (χ2v) is 16.8. The number of amides is 1. The predicted molar refractivity (Wildman–Crippen MR) is 223 cm³/mol. The number of ether oxygens (including phenoxy) is 6. The quantitative estimate of drug-likeness (QED) is 0.0128. The molecule has 1 amide bonds. The molecule has 0 aromatic rings. The van der Waals surface area contributed by atoms with E-state index in [1.807, 2.05) is 0 Å². The number of hydrogen-bond donors (Lipinski definition) is 13. The van der Waals surface area contributed by atoms with Gasteiger partial charge in [0.2, 0.25) is 5.91 Å². The van der Waals surface area contributed by atoms with Gasteiger partial charge in [-0.1, -0.05) is 88.4 Å². The monoisotopic (exact) mass is 940 g/mol. The number of hydrogen-bond acceptors (Lipinski definition) is 20. The summed E-state index contributed by atoms with van der Waals surface area (Å²) in [6.07, 6.45) is -12.7. The Hall–Kier alpha value is -2.69. The maximum absolute atomic E-state index is 12.8. The van der Waals surface area contributed by atoms with Gasteiger partial charge < -0.3 is 95.0 Å². The van der Waals surface area contributed by atoms with Gasteiger partial charge in [-0.2, -0.15) is 0 Å². The zero-order valence-corrected chi connectivity index (χ0v) is 37.0. The van der Waals surface area contributed by atoms with Crippen molar-refractivity contribution in [3.8, 4) is 0 Å². The van der Waals surface area contributed by atoms with Crippen LogP contribution < -0.4 is 5.32 Å². The van der Waals surface area contributed by atoms with E-state index in [9.17, 15) is 70.9 Å². The second-order valence-electron chi connectivity index (χ2n) is 16.8. The molecule has 18 atom stereocenters. The molecule has 65 heavy (non-hydrogen) atoms. The van der Waals surface area contributed by atoms with Crippen LogP contribution in [-0.4, -0.2) is 209 Å². The van der Waals surface area contributed by atoms with Crippen molar-refractivity contribution in [3.63, 3.8) is 0 Å². The van der Waals surface area contributed by atoms with E-state index >= 15 is 0 Å². The minimum atomic E-state index is -3.07. The number of carbonyl (C=O) groups excluding carboxylic acids is 1. The minimum absolute atomic E-state index is 0.518. The molecule has 0 radical (unpaired) electrons. The van der Waals surface area contributed by atoms with Crippen molar-refractivity contribution < 1.29 is 99.3 Å². The van der Waals surface area contributed by atoms with Crippen LogP contribution in [0.15, 0.2) is 17.3 Å². The van der Waals surface area contributed by atoms with E-state index in [-0.39, 0.29) is 0 Å². The Balaban J connectivity index is 1.66. The number of aliphatic hydroxyl groups excluding tert-OH is 11. The molecule has 17 unspecified atom stereocenters. The van der Waals surface area contributed by atoms with Gasteiger partial charge in [-0.05, 0) is 18.4 Å². The number of aliphatic carboxylic acids is 1. The van der Waals surface area contributed by atoms with Crippen LogP contribution in [0.4, 0.5) is 0 Å². The molecular weight excluding hydrogens is 868 g/mol. The third-order valence-corrected chi connectivity index (χ3v) is 11.8. The molecule has 0 bridgehead atoms.